The van der Waals surface area contributed by atoms with Gasteiger partial charge >= 0.3 is 5.97 Å². The molecule has 0 saturated heterocycles. The van der Waals surface area contributed by atoms with Crippen LogP contribution in [0.2, 0.25) is 0 Å². The Bertz CT molecular complexity index is 601. The summed E-state index contributed by atoms with van der Waals surface area (Å²) in [6.45, 7) is 1.18. The van der Waals surface area contributed by atoms with E-state index in [1.807, 2.05) is 30.3 Å². The molecule has 6 nitrogen and oxygen atoms in total. The van der Waals surface area contributed by atoms with Crippen LogP contribution in [0.15, 0.2) is 34.7 Å². The molecule has 0 aliphatic rings. The molecule has 0 aliphatic carbocycles. The highest BCUT2D eigenvalue weighted by molar-refractivity contribution is 5.80. The van der Waals surface area contributed by atoms with Gasteiger partial charge in [-0.15, -0.1) is 0 Å². The van der Waals surface area contributed by atoms with Crippen LogP contribution in [0.1, 0.15) is 18.8 Å². The van der Waals surface area contributed by atoms with E-state index in [0.717, 1.165) is 11.0 Å². The minimum absolute atomic E-state index is 0.233. The third-order valence-corrected chi connectivity index (χ3v) is 2.94. The second-order valence-electron chi connectivity index (χ2n) is 4.50. The number of amides is 1. The molecule has 1 aromatic heterocycles. The van der Waals surface area contributed by atoms with Crippen molar-refractivity contribution in [2.75, 3.05) is 20.3 Å². The first-order valence-corrected chi connectivity index (χ1v) is 6.51. The van der Waals surface area contributed by atoms with Crippen molar-refractivity contribution in [1.29, 1.82) is 0 Å². The number of methoxy groups -OCH3 is 1. The van der Waals surface area contributed by atoms with E-state index >= 15 is 0 Å². The molecule has 21 heavy (non-hydrogen) atoms. The monoisotopic (exact) mass is 291 g/mol. The summed E-state index contributed by atoms with van der Waals surface area (Å²) in [5, 5.41) is 3.60. The number of hydrogen-bond acceptors (Lipinski definition) is 5. The van der Waals surface area contributed by atoms with Crippen LogP contribution in [0.25, 0.3) is 11.0 Å². The maximum atomic E-state index is 11.5. The minimum atomic E-state index is -0.495. The Hall–Kier alpha value is -2.34. The topological polar surface area (TPSA) is 77.8 Å². The summed E-state index contributed by atoms with van der Waals surface area (Å²) in [6, 6.07) is 9.49. The van der Waals surface area contributed by atoms with Crippen LogP contribution in [-0.2, 0) is 19.1 Å². The lowest BCUT2D eigenvalue weighted by molar-refractivity contribution is -0.146. The molecule has 0 fully saturated rings. The van der Waals surface area contributed by atoms with E-state index in [-0.39, 0.29) is 19.1 Å². The number of ether oxygens (including phenoxy) is 2. The van der Waals surface area contributed by atoms with E-state index in [9.17, 15) is 9.59 Å². The van der Waals surface area contributed by atoms with Crippen LogP contribution in [-0.4, -0.2) is 32.1 Å². The standard InChI is InChI=1S/C15H17NO5/c1-10(17)20-9-15(18)16-8-14(19-2)13-7-11-5-3-4-6-12(11)21-13/h3-7,14H,8-9H2,1-2H3,(H,16,18)/t14-/m0/s1. The Balaban J connectivity index is 1.96. The Morgan fingerprint density at radius 3 is 2.76 bits per heavy atom. The van der Waals surface area contributed by atoms with Gasteiger partial charge in [0.25, 0.3) is 5.91 Å². The molecule has 0 spiro atoms. The van der Waals surface area contributed by atoms with Gasteiger partial charge in [0, 0.05) is 19.4 Å². The number of para-hydroxylation sites is 1. The molecule has 2 rings (SSSR count). The van der Waals surface area contributed by atoms with Crippen molar-refractivity contribution in [1.82, 2.24) is 5.32 Å². The summed E-state index contributed by atoms with van der Waals surface area (Å²) in [5.74, 6) is -0.249. The van der Waals surface area contributed by atoms with Gasteiger partial charge in [-0.3, -0.25) is 9.59 Å². The Kier molecular flexibility index (Phi) is 4.94. The first kappa shape index (κ1) is 15.1. The largest absolute Gasteiger partial charge is 0.458 e. The zero-order valence-electron chi connectivity index (χ0n) is 11.9. The Labute approximate surface area is 122 Å². The molecule has 1 atom stereocenters. The normalized spacial score (nSPS) is 12.1. The number of nitrogens with one attached hydrogen (secondary N) is 1. The molecular weight excluding hydrogens is 274 g/mol. The molecule has 1 N–H and O–H groups in total. The predicted molar refractivity (Wildman–Crippen MR) is 75.6 cm³/mol. The molecule has 1 aromatic carbocycles. The number of rotatable bonds is 6. The van der Waals surface area contributed by atoms with Crippen LogP contribution in [0.5, 0.6) is 0 Å². The highest BCUT2D eigenvalue weighted by Gasteiger charge is 2.17. The molecule has 0 bridgehead atoms. The lowest BCUT2D eigenvalue weighted by atomic mass is 10.2. The van der Waals surface area contributed by atoms with Gasteiger partial charge < -0.3 is 19.2 Å². The third kappa shape index (κ3) is 4.06. The fraction of sp³-hybridized carbons (Fsp3) is 0.333. The maximum Gasteiger partial charge on any atom is 0.303 e. The second kappa shape index (κ2) is 6.90. The zero-order chi connectivity index (χ0) is 15.2. The first-order chi connectivity index (χ1) is 10.1. The number of hydrogen-bond donors (Lipinski definition) is 1. The zero-order valence-corrected chi connectivity index (χ0v) is 11.9. The average molecular weight is 291 g/mol. The van der Waals surface area contributed by atoms with Gasteiger partial charge in [0.15, 0.2) is 6.61 Å². The van der Waals surface area contributed by atoms with Gasteiger partial charge in [0.2, 0.25) is 0 Å². The smallest absolute Gasteiger partial charge is 0.303 e. The number of carbonyl (C=O) groups is 2. The number of furan rings is 1. The number of carbonyl (C=O) groups excluding carboxylic acids is 2. The van der Waals surface area contributed by atoms with Crippen LogP contribution in [0.4, 0.5) is 0 Å². The van der Waals surface area contributed by atoms with Gasteiger partial charge in [0.1, 0.15) is 17.4 Å². The summed E-state index contributed by atoms with van der Waals surface area (Å²) >= 11 is 0. The highest BCUT2D eigenvalue weighted by Crippen LogP contribution is 2.25. The van der Waals surface area contributed by atoms with Crippen molar-refractivity contribution in [3.63, 3.8) is 0 Å². The van der Waals surface area contributed by atoms with Crippen molar-refractivity contribution in [3.8, 4) is 0 Å². The van der Waals surface area contributed by atoms with E-state index in [1.54, 1.807) is 0 Å². The van der Waals surface area contributed by atoms with Crippen LogP contribution < -0.4 is 5.32 Å². The molecule has 0 unspecified atom stereocenters. The van der Waals surface area contributed by atoms with E-state index in [1.165, 1.54) is 14.0 Å². The highest BCUT2D eigenvalue weighted by atomic mass is 16.5. The molecule has 112 valence electrons. The Morgan fingerprint density at radius 1 is 1.33 bits per heavy atom. The summed E-state index contributed by atoms with van der Waals surface area (Å²) in [4.78, 5) is 22.1. The summed E-state index contributed by atoms with van der Waals surface area (Å²) in [5.41, 5.74) is 0.765. The van der Waals surface area contributed by atoms with Crippen LogP contribution in [0, 0.1) is 0 Å². The summed E-state index contributed by atoms with van der Waals surface area (Å²) in [7, 11) is 1.54. The summed E-state index contributed by atoms with van der Waals surface area (Å²) in [6.07, 6.45) is -0.404. The van der Waals surface area contributed by atoms with Crippen molar-refractivity contribution >= 4 is 22.8 Å². The molecular formula is C15H17NO5. The van der Waals surface area contributed by atoms with E-state index in [2.05, 4.69) is 10.1 Å². The average Bonchev–Trinajstić information content (AvgIpc) is 2.89. The minimum Gasteiger partial charge on any atom is -0.458 e. The molecule has 6 heteroatoms. The van der Waals surface area contributed by atoms with Crippen molar-refractivity contribution in [2.45, 2.75) is 13.0 Å². The number of fused-ring (bicyclic) bond motifs is 1. The second-order valence-corrected chi connectivity index (χ2v) is 4.50. The van der Waals surface area contributed by atoms with Crippen molar-refractivity contribution < 1.29 is 23.5 Å². The van der Waals surface area contributed by atoms with E-state index < -0.39 is 12.1 Å². The molecule has 2 aromatic rings. The number of esters is 1. The predicted octanol–water partition coefficient (Wildman–Crippen LogP) is 1.80. The lowest BCUT2D eigenvalue weighted by Gasteiger charge is -2.13. The van der Waals surface area contributed by atoms with Gasteiger partial charge in [-0.05, 0) is 12.1 Å². The quantitative estimate of drug-likeness (QED) is 0.821. The van der Waals surface area contributed by atoms with Gasteiger partial charge in [0.05, 0.1) is 6.54 Å². The molecule has 0 saturated carbocycles. The third-order valence-electron chi connectivity index (χ3n) is 2.94. The number of benzene rings is 1. The van der Waals surface area contributed by atoms with Gasteiger partial charge in [-0.2, -0.15) is 0 Å². The van der Waals surface area contributed by atoms with E-state index in [0.29, 0.717) is 5.76 Å². The van der Waals surface area contributed by atoms with Gasteiger partial charge in [-0.25, -0.2) is 0 Å². The van der Waals surface area contributed by atoms with Crippen molar-refractivity contribution in [2.24, 2.45) is 0 Å². The molecule has 1 heterocycles. The lowest BCUT2D eigenvalue weighted by Crippen LogP contribution is -2.32. The van der Waals surface area contributed by atoms with E-state index in [4.69, 9.17) is 9.15 Å². The maximum absolute atomic E-state index is 11.5. The first-order valence-electron chi connectivity index (χ1n) is 6.51. The Morgan fingerprint density at radius 2 is 2.10 bits per heavy atom. The molecule has 0 radical (unpaired) electrons. The fourth-order valence-corrected chi connectivity index (χ4v) is 1.89. The summed E-state index contributed by atoms with van der Waals surface area (Å²) < 4.78 is 15.6. The van der Waals surface area contributed by atoms with Crippen LogP contribution >= 0.6 is 0 Å². The van der Waals surface area contributed by atoms with Crippen molar-refractivity contribution in [3.05, 3.63) is 36.1 Å². The SMILES string of the molecule is CO[C@@H](CNC(=O)COC(C)=O)c1cc2ccccc2o1. The van der Waals surface area contributed by atoms with Crippen LogP contribution in [0.3, 0.4) is 0 Å². The fourth-order valence-electron chi connectivity index (χ4n) is 1.89. The molecule has 0 aliphatic heterocycles. The van der Waals surface area contributed by atoms with Gasteiger partial charge in [-0.1, -0.05) is 18.2 Å². The molecule has 1 amide bonds.